The largest absolute Gasteiger partial charge is 0.503 e. The number of hydrogen-bond donors (Lipinski definition) is 2. The lowest BCUT2D eigenvalue weighted by molar-refractivity contribution is -0.152. The molecule has 0 unspecified atom stereocenters. The highest BCUT2D eigenvalue weighted by atomic mass is 35.5. The minimum Gasteiger partial charge on any atom is -0.503 e. The van der Waals surface area contributed by atoms with Gasteiger partial charge in [-0.15, -0.1) is 12.4 Å². The fourth-order valence-corrected chi connectivity index (χ4v) is 1.95. The number of carbonyl (C=O) groups excluding carboxylic acids is 1. The van der Waals surface area contributed by atoms with Crippen molar-refractivity contribution in [3.8, 4) is 11.5 Å². The molecule has 0 bridgehead atoms. The van der Waals surface area contributed by atoms with Crippen LogP contribution in [-0.4, -0.2) is 25.3 Å². The quantitative estimate of drug-likeness (QED) is 0.832. The molecule has 1 rings (SSSR count). The third-order valence-electron chi connectivity index (χ3n) is 3.12. The van der Waals surface area contributed by atoms with Gasteiger partial charge in [-0.25, -0.2) is 0 Å². The normalized spacial score (nSPS) is 12.3. The number of phenols is 1. The number of aromatic hydroxyl groups is 1. The predicted molar refractivity (Wildman–Crippen MR) is 79.6 cm³/mol. The van der Waals surface area contributed by atoms with Gasteiger partial charge in [-0.2, -0.15) is 0 Å². The number of phenolic OH excluding ortho intramolecular Hbond substituents is 1. The van der Waals surface area contributed by atoms with Crippen molar-refractivity contribution in [2.45, 2.75) is 19.9 Å². The Balaban J connectivity index is 0.00000361. The Morgan fingerprint density at radius 2 is 1.95 bits per heavy atom. The summed E-state index contributed by atoms with van der Waals surface area (Å²) in [6.07, 6.45) is 0. The summed E-state index contributed by atoms with van der Waals surface area (Å²) in [4.78, 5) is 11.7. The van der Waals surface area contributed by atoms with E-state index < -0.39 is 17.4 Å². The first kappa shape index (κ1) is 18.8. The summed E-state index contributed by atoms with van der Waals surface area (Å²) in [6.45, 7) is 3.35. The highest BCUT2D eigenvalue weighted by molar-refractivity contribution is 6.32. The molecule has 0 fully saturated rings. The van der Waals surface area contributed by atoms with Crippen LogP contribution >= 0.6 is 24.0 Å². The molecule has 3 N–H and O–H groups in total. The topological polar surface area (TPSA) is 81.8 Å². The van der Waals surface area contributed by atoms with Gasteiger partial charge in [0.25, 0.3) is 0 Å². The predicted octanol–water partition coefficient (Wildman–Crippen LogP) is 2.68. The molecule has 1 atom stereocenters. The summed E-state index contributed by atoms with van der Waals surface area (Å²) in [7, 11) is 2.72. The fraction of sp³-hybridized carbons (Fsp3) is 0.462. The van der Waals surface area contributed by atoms with E-state index in [1.807, 2.05) is 0 Å². The molecule has 0 spiro atoms. The molecule has 0 aliphatic heterocycles. The number of halogens is 2. The molecule has 5 nitrogen and oxygen atoms in total. The maximum Gasteiger partial charge on any atom is 0.313 e. The van der Waals surface area contributed by atoms with Crippen LogP contribution in [0.3, 0.4) is 0 Å². The highest BCUT2D eigenvalue weighted by Gasteiger charge is 2.37. The van der Waals surface area contributed by atoms with Crippen LogP contribution in [0.25, 0.3) is 0 Å². The van der Waals surface area contributed by atoms with Crippen LogP contribution in [0.15, 0.2) is 12.1 Å². The molecule has 1 aromatic rings. The van der Waals surface area contributed by atoms with Crippen LogP contribution in [0.1, 0.15) is 25.5 Å². The van der Waals surface area contributed by atoms with Gasteiger partial charge in [0, 0.05) is 6.04 Å². The highest BCUT2D eigenvalue weighted by Crippen LogP contribution is 2.40. The van der Waals surface area contributed by atoms with Crippen LogP contribution in [0, 0.1) is 5.41 Å². The van der Waals surface area contributed by atoms with Gasteiger partial charge in [-0.05, 0) is 31.5 Å². The Morgan fingerprint density at radius 3 is 2.40 bits per heavy atom. The smallest absolute Gasteiger partial charge is 0.313 e. The summed E-state index contributed by atoms with van der Waals surface area (Å²) in [6, 6.07) is 2.41. The fourth-order valence-electron chi connectivity index (χ4n) is 1.74. The Bertz CT molecular complexity index is 492. The van der Waals surface area contributed by atoms with E-state index in [9.17, 15) is 9.90 Å². The molecule has 7 heteroatoms. The molecule has 0 saturated heterocycles. The molecule has 1 aromatic carbocycles. The number of ether oxygens (including phenoxy) is 2. The number of benzene rings is 1. The third-order valence-corrected chi connectivity index (χ3v) is 3.41. The molecule has 0 aromatic heterocycles. The van der Waals surface area contributed by atoms with Gasteiger partial charge in [-0.3, -0.25) is 4.79 Å². The maximum absolute atomic E-state index is 11.7. The average molecular weight is 324 g/mol. The van der Waals surface area contributed by atoms with Gasteiger partial charge in [0.05, 0.1) is 24.7 Å². The van der Waals surface area contributed by atoms with Crippen molar-refractivity contribution in [3.05, 3.63) is 22.7 Å². The van der Waals surface area contributed by atoms with Gasteiger partial charge in [0.1, 0.15) is 0 Å². The number of hydrogen-bond acceptors (Lipinski definition) is 5. The summed E-state index contributed by atoms with van der Waals surface area (Å²) >= 11 is 5.90. The minimum absolute atomic E-state index is 0. The zero-order chi connectivity index (χ0) is 14.8. The number of rotatable bonds is 4. The first-order valence-electron chi connectivity index (χ1n) is 5.66. The molecule has 114 valence electrons. The van der Waals surface area contributed by atoms with E-state index in [0.29, 0.717) is 5.56 Å². The zero-order valence-electron chi connectivity index (χ0n) is 11.8. The van der Waals surface area contributed by atoms with Gasteiger partial charge >= 0.3 is 5.97 Å². The number of methoxy groups -OCH3 is 2. The number of esters is 1. The van der Waals surface area contributed by atoms with Crippen LogP contribution in [-0.2, 0) is 9.53 Å². The molecular weight excluding hydrogens is 305 g/mol. The van der Waals surface area contributed by atoms with E-state index in [1.54, 1.807) is 19.9 Å². The van der Waals surface area contributed by atoms with E-state index in [4.69, 9.17) is 26.8 Å². The molecule has 0 aliphatic rings. The standard InChI is InChI=1S/C13H18ClNO4.ClH/c1-13(2,12(17)19-4)11(15)7-5-8(14)10(16)9(6-7)18-3;/h5-6,11,16H,15H2,1-4H3;1H/t11-;/m0./s1. The lowest BCUT2D eigenvalue weighted by Crippen LogP contribution is -2.37. The molecular formula is C13H19Cl2NO4. The van der Waals surface area contributed by atoms with Crippen LogP contribution < -0.4 is 10.5 Å². The SMILES string of the molecule is COC(=O)C(C)(C)[C@@H](N)c1cc(Cl)c(O)c(OC)c1.Cl. The summed E-state index contributed by atoms with van der Waals surface area (Å²) in [5, 5.41) is 9.79. The van der Waals surface area contributed by atoms with Crippen molar-refractivity contribution >= 4 is 30.0 Å². The Morgan fingerprint density at radius 1 is 1.40 bits per heavy atom. The van der Waals surface area contributed by atoms with Gasteiger partial charge in [0.2, 0.25) is 0 Å². The number of nitrogens with two attached hydrogens (primary N) is 1. The zero-order valence-corrected chi connectivity index (χ0v) is 13.3. The second-order valence-electron chi connectivity index (χ2n) is 4.74. The van der Waals surface area contributed by atoms with Gasteiger partial charge < -0.3 is 20.3 Å². The van der Waals surface area contributed by atoms with E-state index in [1.165, 1.54) is 20.3 Å². The van der Waals surface area contributed by atoms with Crippen molar-refractivity contribution in [3.63, 3.8) is 0 Å². The van der Waals surface area contributed by atoms with Crippen LogP contribution in [0.5, 0.6) is 11.5 Å². The Kier molecular flexibility index (Phi) is 6.61. The molecule has 0 amide bonds. The monoisotopic (exact) mass is 323 g/mol. The van der Waals surface area contributed by atoms with E-state index in [-0.39, 0.29) is 28.9 Å². The summed E-state index contributed by atoms with van der Waals surface area (Å²) in [5.41, 5.74) is 5.74. The maximum atomic E-state index is 11.7. The molecule has 0 saturated carbocycles. The lowest BCUT2D eigenvalue weighted by atomic mass is 9.81. The van der Waals surface area contributed by atoms with E-state index >= 15 is 0 Å². The van der Waals surface area contributed by atoms with Crippen molar-refractivity contribution in [2.24, 2.45) is 11.1 Å². The van der Waals surface area contributed by atoms with Gasteiger partial charge in [-0.1, -0.05) is 11.6 Å². The molecule has 0 radical (unpaired) electrons. The Hall–Kier alpha value is -1.17. The van der Waals surface area contributed by atoms with E-state index in [0.717, 1.165) is 0 Å². The number of carbonyl (C=O) groups is 1. The van der Waals surface area contributed by atoms with Crippen molar-refractivity contribution in [1.29, 1.82) is 0 Å². The Labute approximate surface area is 129 Å². The second-order valence-corrected chi connectivity index (χ2v) is 5.15. The third kappa shape index (κ3) is 3.48. The first-order chi connectivity index (χ1) is 8.75. The first-order valence-corrected chi connectivity index (χ1v) is 6.03. The van der Waals surface area contributed by atoms with Gasteiger partial charge in [0.15, 0.2) is 11.5 Å². The van der Waals surface area contributed by atoms with Crippen molar-refractivity contribution < 1.29 is 19.4 Å². The van der Waals surface area contributed by atoms with Crippen LogP contribution in [0.2, 0.25) is 5.02 Å². The minimum atomic E-state index is -0.930. The van der Waals surface area contributed by atoms with Crippen LogP contribution in [0.4, 0.5) is 0 Å². The molecule has 0 aliphatic carbocycles. The van der Waals surface area contributed by atoms with Crippen molar-refractivity contribution in [2.75, 3.05) is 14.2 Å². The second kappa shape index (κ2) is 7.02. The molecule has 20 heavy (non-hydrogen) atoms. The van der Waals surface area contributed by atoms with E-state index in [2.05, 4.69) is 0 Å². The average Bonchev–Trinajstić information content (AvgIpc) is 2.39. The summed E-state index contributed by atoms with van der Waals surface area (Å²) in [5.74, 6) is -0.377. The molecule has 0 heterocycles. The lowest BCUT2D eigenvalue weighted by Gasteiger charge is -2.29. The van der Waals surface area contributed by atoms with Crippen molar-refractivity contribution in [1.82, 2.24) is 0 Å². The summed E-state index contributed by atoms with van der Waals surface area (Å²) < 4.78 is 9.75.